The van der Waals surface area contributed by atoms with Gasteiger partial charge in [0.05, 0.1) is 0 Å². The van der Waals surface area contributed by atoms with Crippen LogP contribution >= 0.6 is 0 Å². The molecule has 3 amide bonds. The molecule has 0 spiro atoms. The van der Waals surface area contributed by atoms with Crippen LogP contribution in [0.5, 0.6) is 0 Å². The molecule has 0 bridgehead atoms. The summed E-state index contributed by atoms with van der Waals surface area (Å²) in [6.07, 6.45) is 4.05. The molecule has 8 heteroatoms. The van der Waals surface area contributed by atoms with Gasteiger partial charge in [-0.3, -0.25) is 23.5 Å². The standard InChI is InChI=1S/C27H35N3O4S/c1-18-9-12-23(13-10-18)28-25(31)16-35(34)17-26(32)30(24-14-11-19(2)15-20(24)3)21(4)27(33)29-22-7-5-6-8-22/h9-15,21-22H,5-8,16-17H2,1-4H3,(H,28,31)(H,29,33). The summed E-state index contributed by atoms with van der Waals surface area (Å²) in [5.41, 5.74) is 4.17. The molecule has 2 aromatic carbocycles. The molecule has 2 N–H and O–H groups in total. The molecule has 0 radical (unpaired) electrons. The fraction of sp³-hybridized carbons (Fsp3) is 0.444. The van der Waals surface area contributed by atoms with Crippen LogP contribution in [0.4, 0.5) is 11.4 Å². The van der Waals surface area contributed by atoms with Crippen LogP contribution in [-0.4, -0.2) is 45.5 Å². The van der Waals surface area contributed by atoms with Crippen molar-refractivity contribution >= 4 is 39.9 Å². The third-order valence-corrected chi connectivity index (χ3v) is 7.41. The second-order valence-electron chi connectivity index (χ2n) is 9.36. The number of benzene rings is 2. The first-order valence-corrected chi connectivity index (χ1v) is 13.5. The molecule has 2 aromatic rings. The van der Waals surface area contributed by atoms with Gasteiger partial charge in [-0.15, -0.1) is 0 Å². The van der Waals surface area contributed by atoms with E-state index in [1.165, 1.54) is 4.90 Å². The van der Waals surface area contributed by atoms with Crippen LogP contribution in [0.25, 0.3) is 0 Å². The topological polar surface area (TPSA) is 95.6 Å². The quantitative estimate of drug-likeness (QED) is 0.551. The van der Waals surface area contributed by atoms with Crippen molar-refractivity contribution in [2.24, 2.45) is 0 Å². The van der Waals surface area contributed by atoms with Crippen LogP contribution < -0.4 is 15.5 Å². The van der Waals surface area contributed by atoms with Crippen molar-refractivity contribution in [3.05, 3.63) is 59.2 Å². The van der Waals surface area contributed by atoms with Gasteiger partial charge in [0.15, 0.2) is 0 Å². The van der Waals surface area contributed by atoms with E-state index in [2.05, 4.69) is 10.6 Å². The molecular weight excluding hydrogens is 462 g/mol. The molecule has 188 valence electrons. The molecule has 0 saturated heterocycles. The Labute approximate surface area is 210 Å². The first-order valence-electron chi connectivity index (χ1n) is 12.0. The van der Waals surface area contributed by atoms with E-state index in [1.54, 1.807) is 19.1 Å². The first-order chi connectivity index (χ1) is 16.6. The maximum absolute atomic E-state index is 13.4. The highest BCUT2D eigenvalue weighted by molar-refractivity contribution is 7.86. The zero-order valence-electron chi connectivity index (χ0n) is 20.9. The van der Waals surface area contributed by atoms with Crippen molar-refractivity contribution in [2.75, 3.05) is 21.7 Å². The van der Waals surface area contributed by atoms with E-state index in [9.17, 15) is 18.6 Å². The lowest BCUT2D eigenvalue weighted by Gasteiger charge is -2.31. The van der Waals surface area contributed by atoms with Crippen LogP contribution in [0.2, 0.25) is 0 Å². The molecule has 35 heavy (non-hydrogen) atoms. The molecule has 3 rings (SSSR count). The summed E-state index contributed by atoms with van der Waals surface area (Å²) in [4.78, 5) is 40.2. The SMILES string of the molecule is Cc1ccc(NC(=O)CS(=O)CC(=O)N(c2ccc(C)cc2C)C(C)C(=O)NC2CCCC2)cc1. The molecule has 0 aromatic heterocycles. The van der Waals surface area contributed by atoms with Crippen LogP contribution in [0, 0.1) is 20.8 Å². The Balaban J connectivity index is 1.71. The molecular formula is C27H35N3O4S. The predicted molar refractivity (Wildman–Crippen MR) is 141 cm³/mol. The van der Waals surface area contributed by atoms with Crippen molar-refractivity contribution in [3.8, 4) is 0 Å². The van der Waals surface area contributed by atoms with Gasteiger partial charge in [0.25, 0.3) is 0 Å². The van der Waals surface area contributed by atoms with E-state index in [0.717, 1.165) is 42.4 Å². The molecule has 0 heterocycles. The van der Waals surface area contributed by atoms with Crippen molar-refractivity contribution in [2.45, 2.75) is 65.5 Å². The van der Waals surface area contributed by atoms with Crippen LogP contribution in [0.15, 0.2) is 42.5 Å². The van der Waals surface area contributed by atoms with Gasteiger partial charge < -0.3 is 10.6 Å². The lowest BCUT2D eigenvalue weighted by Crippen LogP contribution is -2.51. The number of carbonyl (C=O) groups excluding carboxylic acids is 3. The van der Waals surface area contributed by atoms with Gasteiger partial charge in [0.2, 0.25) is 17.7 Å². The minimum absolute atomic E-state index is 0.126. The number of carbonyl (C=O) groups is 3. The summed E-state index contributed by atoms with van der Waals surface area (Å²) >= 11 is 0. The molecule has 2 atom stereocenters. The number of hydrogen-bond donors (Lipinski definition) is 2. The zero-order valence-corrected chi connectivity index (χ0v) is 21.7. The number of amides is 3. The van der Waals surface area contributed by atoms with Crippen molar-refractivity contribution in [1.82, 2.24) is 5.32 Å². The van der Waals surface area contributed by atoms with E-state index in [0.29, 0.717) is 11.4 Å². The summed E-state index contributed by atoms with van der Waals surface area (Å²) in [5.74, 6) is -1.76. The third kappa shape index (κ3) is 7.49. The van der Waals surface area contributed by atoms with Gasteiger partial charge in [-0.1, -0.05) is 48.2 Å². The Bertz CT molecular complexity index is 1090. The number of aryl methyl sites for hydroxylation is 3. The second-order valence-corrected chi connectivity index (χ2v) is 10.8. The summed E-state index contributed by atoms with van der Waals surface area (Å²) in [7, 11) is -1.73. The normalized spacial score (nSPS) is 15.3. The van der Waals surface area contributed by atoms with Gasteiger partial charge in [-0.2, -0.15) is 0 Å². The average Bonchev–Trinajstić information content (AvgIpc) is 3.29. The molecule has 1 fully saturated rings. The van der Waals surface area contributed by atoms with Gasteiger partial charge in [0, 0.05) is 28.2 Å². The van der Waals surface area contributed by atoms with Crippen molar-refractivity contribution in [1.29, 1.82) is 0 Å². The first kappa shape index (κ1) is 26.6. The molecule has 7 nitrogen and oxygen atoms in total. The summed E-state index contributed by atoms with van der Waals surface area (Å²) in [6.45, 7) is 7.48. The lowest BCUT2D eigenvalue weighted by molar-refractivity contribution is -0.125. The summed E-state index contributed by atoms with van der Waals surface area (Å²) in [5, 5.41) is 5.77. The van der Waals surface area contributed by atoms with E-state index >= 15 is 0 Å². The number of nitrogens with zero attached hydrogens (tertiary/aromatic N) is 1. The molecule has 1 aliphatic carbocycles. The lowest BCUT2D eigenvalue weighted by atomic mass is 10.1. The van der Waals surface area contributed by atoms with Gasteiger partial charge >= 0.3 is 0 Å². The Morgan fingerprint density at radius 1 is 0.971 bits per heavy atom. The van der Waals surface area contributed by atoms with E-state index < -0.39 is 28.7 Å². The highest BCUT2D eigenvalue weighted by atomic mass is 32.2. The highest BCUT2D eigenvalue weighted by Gasteiger charge is 2.31. The number of nitrogens with one attached hydrogen (secondary N) is 2. The number of anilines is 2. The van der Waals surface area contributed by atoms with Gasteiger partial charge in [0.1, 0.15) is 17.5 Å². The predicted octanol–water partition coefficient (Wildman–Crippen LogP) is 3.78. The summed E-state index contributed by atoms with van der Waals surface area (Å²) < 4.78 is 12.8. The maximum atomic E-state index is 13.4. The Morgan fingerprint density at radius 2 is 1.60 bits per heavy atom. The average molecular weight is 498 g/mol. The molecule has 0 aliphatic heterocycles. The monoisotopic (exact) mass is 497 g/mol. The van der Waals surface area contributed by atoms with Gasteiger partial charge in [-0.25, -0.2) is 0 Å². The summed E-state index contributed by atoms with van der Waals surface area (Å²) in [6, 6.07) is 12.3. The fourth-order valence-corrected chi connectivity index (χ4v) is 5.26. The number of hydrogen-bond acceptors (Lipinski definition) is 4. The second kappa shape index (κ2) is 12.1. The van der Waals surface area contributed by atoms with E-state index in [-0.39, 0.29) is 23.5 Å². The maximum Gasteiger partial charge on any atom is 0.243 e. The van der Waals surface area contributed by atoms with Crippen molar-refractivity contribution < 1.29 is 18.6 Å². The fourth-order valence-electron chi connectivity index (χ4n) is 4.38. The number of rotatable bonds is 9. The largest absolute Gasteiger partial charge is 0.352 e. The highest BCUT2D eigenvalue weighted by Crippen LogP contribution is 2.25. The van der Waals surface area contributed by atoms with Gasteiger partial charge in [-0.05, 0) is 64.3 Å². The molecule has 1 aliphatic rings. The van der Waals surface area contributed by atoms with Crippen molar-refractivity contribution in [3.63, 3.8) is 0 Å². The van der Waals surface area contributed by atoms with E-state index in [1.807, 2.05) is 51.1 Å². The molecule has 2 unspecified atom stereocenters. The molecule has 1 saturated carbocycles. The van der Waals surface area contributed by atoms with Crippen LogP contribution in [-0.2, 0) is 25.2 Å². The third-order valence-electron chi connectivity index (χ3n) is 6.26. The minimum Gasteiger partial charge on any atom is -0.352 e. The van der Waals surface area contributed by atoms with Crippen LogP contribution in [0.3, 0.4) is 0 Å². The Kier molecular flexibility index (Phi) is 9.20. The smallest absolute Gasteiger partial charge is 0.243 e. The van der Waals surface area contributed by atoms with Crippen LogP contribution in [0.1, 0.15) is 49.3 Å². The Morgan fingerprint density at radius 3 is 2.23 bits per heavy atom. The minimum atomic E-state index is -1.73. The zero-order chi connectivity index (χ0) is 25.5. The van der Waals surface area contributed by atoms with E-state index in [4.69, 9.17) is 0 Å². The Hall–Kier alpha value is -3.00.